The van der Waals surface area contributed by atoms with Crippen molar-refractivity contribution in [1.29, 1.82) is 0 Å². The first kappa shape index (κ1) is 51.3. The summed E-state index contributed by atoms with van der Waals surface area (Å²) < 4.78 is 49.6. The highest BCUT2D eigenvalue weighted by Crippen LogP contribution is 2.37. The molecule has 0 aliphatic carbocycles. The molecule has 0 aromatic heterocycles. The van der Waals surface area contributed by atoms with Crippen LogP contribution < -0.4 is 57.3 Å². The molecule has 6 aromatic rings. The number of rotatable bonds is 18. The minimum atomic E-state index is 0.299. The van der Waals surface area contributed by atoms with E-state index in [0.29, 0.717) is 20.4 Å². The molecule has 396 valence electrons. The summed E-state index contributed by atoms with van der Waals surface area (Å²) in [4.78, 5) is 14.9. The van der Waals surface area contributed by atoms with E-state index in [1.165, 1.54) is 17.1 Å². The monoisotopic (exact) mass is 1020 g/mol. The molecule has 0 amide bonds. The third-order valence-corrected chi connectivity index (χ3v) is 14.2. The number of fused-ring (bicyclic) bond motifs is 3. The van der Waals surface area contributed by atoms with Gasteiger partial charge in [-0.15, -0.1) is 0 Å². The van der Waals surface area contributed by atoms with Crippen LogP contribution in [0, 0.1) is 0 Å². The van der Waals surface area contributed by atoms with Gasteiger partial charge in [0.1, 0.15) is 17.2 Å². The predicted octanol–water partition coefficient (Wildman–Crippen LogP) is 9.02. The quantitative estimate of drug-likeness (QED) is 0.0765. The molecule has 6 aromatic carbocycles. The number of hydrogen-bond acceptors (Lipinski definition) is 15. The highest BCUT2D eigenvalue weighted by Gasteiger charge is 2.21. The van der Waals surface area contributed by atoms with Gasteiger partial charge in [-0.3, -0.25) is 14.7 Å². The van der Waals surface area contributed by atoms with Crippen LogP contribution in [0.2, 0.25) is 0 Å². The van der Waals surface area contributed by atoms with E-state index in [2.05, 4.69) is 120 Å². The van der Waals surface area contributed by atoms with E-state index >= 15 is 0 Å². The lowest BCUT2D eigenvalue weighted by Crippen LogP contribution is -2.46. The number of nitrogens with zero attached hydrogens (tertiary/aromatic N) is 6. The van der Waals surface area contributed by atoms with E-state index in [1.54, 1.807) is 0 Å². The molecule has 12 rings (SSSR count). The van der Waals surface area contributed by atoms with Crippen LogP contribution in [-0.4, -0.2) is 153 Å². The number of piperazine rings is 3. The summed E-state index contributed by atoms with van der Waals surface area (Å²) in [5.41, 5.74) is 3.98. The highest BCUT2D eigenvalue weighted by molar-refractivity contribution is 5.50. The van der Waals surface area contributed by atoms with E-state index in [9.17, 15) is 0 Å². The topological polar surface area (TPSA) is 103 Å². The lowest BCUT2D eigenvalue weighted by Gasteiger charge is -2.36. The molecule has 6 aliphatic rings. The van der Waals surface area contributed by atoms with Gasteiger partial charge in [0.05, 0.1) is 19.8 Å². The summed E-state index contributed by atoms with van der Waals surface area (Å²) in [7, 11) is 0. The summed E-state index contributed by atoms with van der Waals surface area (Å²) >= 11 is 0. The van der Waals surface area contributed by atoms with Crippen molar-refractivity contribution in [3.05, 3.63) is 146 Å². The summed E-state index contributed by atoms with van der Waals surface area (Å²) in [6.45, 7) is 19.5. The van der Waals surface area contributed by atoms with Gasteiger partial charge in [-0.05, 0) is 92.1 Å². The van der Waals surface area contributed by atoms with Crippen LogP contribution >= 0.6 is 0 Å². The zero-order valence-electron chi connectivity index (χ0n) is 43.2. The van der Waals surface area contributed by atoms with Crippen molar-refractivity contribution in [2.45, 2.75) is 19.3 Å². The Hall–Kier alpha value is -7.20. The molecule has 75 heavy (non-hydrogen) atoms. The van der Waals surface area contributed by atoms with E-state index in [4.69, 9.17) is 42.6 Å². The van der Waals surface area contributed by atoms with Crippen LogP contribution in [0.5, 0.6) is 51.7 Å². The fraction of sp³-hybridized carbons (Fsp3) is 0.400. The van der Waals surface area contributed by atoms with Gasteiger partial charge >= 0.3 is 0 Å². The second-order valence-electron chi connectivity index (χ2n) is 19.1. The van der Waals surface area contributed by atoms with Gasteiger partial charge in [0, 0.05) is 133 Å². The molecular formula is C60H72N6O9. The Morgan fingerprint density at radius 1 is 0.293 bits per heavy atom. The second kappa shape index (κ2) is 26.8. The number of benzene rings is 6. The Morgan fingerprint density at radius 3 is 0.840 bits per heavy atom. The molecular weight excluding hydrogens is 949 g/mol. The lowest BCUT2D eigenvalue weighted by atomic mass is 10.2. The molecule has 0 unspecified atom stereocenters. The lowest BCUT2D eigenvalue weighted by molar-refractivity contribution is 0.173. The Labute approximate surface area is 442 Å². The van der Waals surface area contributed by atoms with Crippen LogP contribution in [-0.2, 0) is 0 Å². The van der Waals surface area contributed by atoms with Crippen molar-refractivity contribution < 1.29 is 42.6 Å². The molecule has 0 saturated carbocycles. The summed E-state index contributed by atoms with van der Waals surface area (Å²) in [5, 5.41) is 0. The Balaban J connectivity index is 0.000000128. The second-order valence-corrected chi connectivity index (χ2v) is 19.1. The van der Waals surface area contributed by atoms with Crippen molar-refractivity contribution in [2.24, 2.45) is 0 Å². The first-order valence-electron chi connectivity index (χ1n) is 26.8. The standard InChI is InChI=1S/3C20H24N2O3/c3*1-2-5-17(6-3-1)22-12-10-21(11-13-22)9-4-14-23-18-7-8-19-20(15-18)25-16-24-19/h3*1-3,5-8,15H,4,9-14,16H2. The van der Waals surface area contributed by atoms with E-state index in [-0.39, 0.29) is 0 Å². The van der Waals surface area contributed by atoms with Gasteiger partial charge in [-0.1, -0.05) is 54.6 Å². The SMILES string of the molecule is c1ccc(N2CCN(CCCOc3ccc4c(c3)OCO4)CC2)cc1.c1ccc(N2CCN(CCCOc3ccc4c(c3)OCO4)CC2)cc1.c1ccc(N2CCN(CCCOc3ccc4c(c3)OCO4)CC2)cc1. The molecule has 0 atom stereocenters. The molecule has 0 bridgehead atoms. The van der Waals surface area contributed by atoms with Crippen LogP contribution in [0.15, 0.2) is 146 Å². The van der Waals surface area contributed by atoms with Gasteiger partial charge in [0.2, 0.25) is 20.4 Å². The average molecular weight is 1020 g/mol. The number of hydrogen-bond donors (Lipinski definition) is 0. The number of anilines is 3. The Bertz CT molecular complexity index is 2340. The zero-order chi connectivity index (χ0) is 50.7. The van der Waals surface area contributed by atoms with E-state index < -0.39 is 0 Å². The molecule has 3 saturated heterocycles. The minimum Gasteiger partial charge on any atom is -0.493 e. The maximum atomic E-state index is 5.84. The first-order chi connectivity index (χ1) is 37.1. The Kier molecular flexibility index (Phi) is 18.4. The average Bonchev–Trinajstić information content (AvgIpc) is 4.28. The van der Waals surface area contributed by atoms with Crippen LogP contribution in [0.25, 0.3) is 0 Å². The molecule has 0 radical (unpaired) electrons. The fourth-order valence-corrected chi connectivity index (χ4v) is 9.94. The highest BCUT2D eigenvalue weighted by atomic mass is 16.7. The molecule has 3 fully saturated rings. The molecule has 6 heterocycles. The number of para-hydroxylation sites is 3. The van der Waals surface area contributed by atoms with Crippen molar-refractivity contribution in [2.75, 3.05) is 153 Å². The first-order valence-corrected chi connectivity index (χ1v) is 26.8. The minimum absolute atomic E-state index is 0.299. The van der Waals surface area contributed by atoms with Crippen LogP contribution in [0.3, 0.4) is 0 Å². The molecule has 15 heteroatoms. The van der Waals surface area contributed by atoms with E-state index in [0.717, 1.165) is 189 Å². The van der Waals surface area contributed by atoms with Crippen molar-refractivity contribution >= 4 is 17.1 Å². The van der Waals surface area contributed by atoms with Crippen molar-refractivity contribution in [3.8, 4) is 51.7 Å². The van der Waals surface area contributed by atoms with E-state index in [1.807, 2.05) is 54.6 Å². The van der Waals surface area contributed by atoms with Gasteiger partial charge < -0.3 is 57.3 Å². The Morgan fingerprint density at radius 2 is 0.560 bits per heavy atom. The largest absolute Gasteiger partial charge is 0.493 e. The van der Waals surface area contributed by atoms with Crippen molar-refractivity contribution in [3.63, 3.8) is 0 Å². The zero-order valence-corrected chi connectivity index (χ0v) is 43.2. The maximum Gasteiger partial charge on any atom is 0.231 e. The predicted molar refractivity (Wildman–Crippen MR) is 293 cm³/mol. The summed E-state index contributed by atoms with van der Waals surface area (Å²) in [6, 6.07) is 49.2. The molecule has 15 nitrogen and oxygen atoms in total. The third-order valence-electron chi connectivity index (χ3n) is 14.2. The fourth-order valence-electron chi connectivity index (χ4n) is 9.94. The van der Waals surface area contributed by atoms with Crippen LogP contribution in [0.4, 0.5) is 17.1 Å². The van der Waals surface area contributed by atoms with Gasteiger partial charge in [-0.25, -0.2) is 0 Å². The van der Waals surface area contributed by atoms with Crippen LogP contribution in [0.1, 0.15) is 19.3 Å². The van der Waals surface area contributed by atoms with Crippen molar-refractivity contribution in [1.82, 2.24) is 14.7 Å². The molecule has 6 aliphatic heterocycles. The third kappa shape index (κ3) is 15.0. The van der Waals surface area contributed by atoms with Gasteiger partial charge in [0.15, 0.2) is 34.5 Å². The smallest absolute Gasteiger partial charge is 0.231 e. The normalized spacial score (nSPS) is 16.9. The van der Waals surface area contributed by atoms with Gasteiger partial charge in [0.25, 0.3) is 0 Å². The summed E-state index contributed by atoms with van der Waals surface area (Å²) in [6.07, 6.45) is 3.08. The maximum absolute atomic E-state index is 5.84. The van der Waals surface area contributed by atoms with Gasteiger partial charge in [-0.2, -0.15) is 0 Å². The number of ether oxygens (including phenoxy) is 9. The summed E-state index contributed by atoms with van der Waals surface area (Å²) in [5.74, 6) is 7.24. The molecule has 0 N–H and O–H groups in total. The molecule has 0 spiro atoms.